The van der Waals surface area contributed by atoms with Crippen LogP contribution in [0.25, 0.3) is 11.1 Å². The van der Waals surface area contributed by atoms with Crippen molar-refractivity contribution in [2.75, 3.05) is 6.54 Å². The molecule has 2 aromatic rings. The van der Waals surface area contributed by atoms with E-state index in [-0.39, 0.29) is 0 Å². The lowest BCUT2D eigenvalue weighted by molar-refractivity contribution is 0.969. The highest BCUT2D eigenvalue weighted by Crippen LogP contribution is 2.38. The maximum absolute atomic E-state index is 6.23. The number of halogens is 4. The van der Waals surface area contributed by atoms with Gasteiger partial charge in [-0.1, -0.05) is 58.5 Å². The first-order chi connectivity index (χ1) is 9.02. The average molecular weight is 335 g/mol. The van der Waals surface area contributed by atoms with Crippen molar-refractivity contribution in [1.29, 1.82) is 0 Å². The fourth-order valence-electron chi connectivity index (χ4n) is 1.87. The highest BCUT2D eigenvalue weighted by Gasteiger charge is 2.11. The highest BCUT2D eigenvalue weighted by molar-refractivity contribution is 6.49. The monoisotopic (exact) mass is 333 g/mol. The van der Waals surface area contributed by atoms with Crippen molar-refractivity contribution in [3.8, 4) is 11.1 Å². The molecule has 0 fully saturated rings. The number of hydrogen-bond donors (Lipinski definition) is 1. The summed E-state index contributed by atoms with van der Waals surface area (Å²) in [5, 5.41) is 1.85. The van der Waals surface area contributed by atoms with Crippen LogP contribution in [0.15, 0.2) is 30.3 Å². The van der Waals surface area contributed by atoms with Crippen LogP contribution in [-0.4, -0.2) is 6.54 Å². The van der Waals surface area contributed by atoms with Crippen LogP contribution in [0.2, 0.25) is 20.1 Å². The lowest BCUT2D eigenvalue weighted by Crippen LogP contribution is -2.02. The Kier molecular flexibility index (Phi) is 4.99. The molecule has 0 aliphatic heterocycles. The second-order valence-corrected chi connectivity index (χ2v) is 5.71. The predicted molar refractivity (Wildman–Crippen MR) is 84.7 cm³/mol. The largest absolute Gasteiger partial charge is 0.330 e. The standard InChI is InChI=1S/C14H11Cl4N/c15-10-6-8(3-4-19)5-9(7-10)11-1-2-12(16)14(18)13(11)17/h1-2,5-7H,3-4,19H2. The Hall–Kier alpha value is -0.440. The van der Waals surface area contributed by atoms with Crippen LogP contribution < -0.4 is 5.73 Å². The average Bonchev–Trinajstić information content (AvgIpc) is 2.36. The molecular formula is C14H11Cl4N. The number of hydrogen-bond acceptors (Lipinski definition) is 1. The van der Waals surface area contributed by atoms with E-state index >= 15 is 0 Å². The Balaban J connectivity index is 2.55. The van der Waals surface area contributed by atoms with E-state index in [0.29, 0.717) is 26.6 Å². The minimum atomic E-state index is 0.348. The Bertz CT molecular complexity index is 611. The van der Waals surface area contributed by atoms with Gasteiger partial charge in [0.05, 0.1) is 15.1 Å². The van der Waals surface area contributed by atoms with Crippen LogP contribution in [0.4, 0.5) is 0 Å². The maximum atomic E-state index is 6.23. The molecule has 0 spiro atoms. The van der Waals surface area contributed by atoms with Crippen LogP contribution in [0.1, 0.15) is 5.56 Å². The molecule has 0 radical (unpaired) electrons. The summed E-state index contributed by atoms with van der Waals surface area (Å²) in [6.07, 6.45) is 0.756. The molecule has 19 heavy (non-hydrogen) atoms. The third-order valence-electron chi connectivity index (χ3n) is 2.74. The molecule has 0 aliphatic carbocycles. The molecule has 100 valence electrons. The van der Waals surface area contributed by atoms with E-state index in [1.165, 1.54) is 0 Å². The molecule has 2 N–H and O–H groups in total. The van der Waals surface area contributed by atoms with Gasteiger partial charge < -0.3 is 5.73 Å². The van der Waals surface area contributed by atoms with Crippen LogP contribution in [0, 0.1) is 0 Å². The van der Waals surface area contributed by atoms with Crippen molar-refractivity contribution in [2.45, 2.75) is 6.42 Å². The van der Waals surface area contributed by atoms with E-state index in [4.69, 9.17) is 52.1 Å². The van der Waals surface area contributed by atoms with Gasteiger partial charge in [-0.05, 0) is 42.3 Å². The molecule has 0 saturated heterocycles. The van der Waals surface area contributed by atoms with Crippen molar-refractivity contribution in [1.82, 2.24) is 0 Å². The quantitative estimate of drug-likeness (QED) is 0.740. The van der Waals surface area contributed by atoms with Crippen molar-refractivity contribution in [2.24, 2.45) is 5.73 Å². The number of rotatable bonds is 3. The molecule has 5 heteroatoms. The predicted octanol–water partition coefficient (Wildman–Crippen LogP) is 5.47. The van der Waals surface area contributed by atoms with Gasteiger partial charge in [-0.3, -0.25) is 0 Å². The second kappa shape index (κ2) is 6.34. The maximum Gasteiger partial charge on any atom is 0.0784 e. The second-order valence-electron chi connectivity index (χ2n) is 4.11. The van der Waals surface area contributed by atoms with Gasteiger partial charge >= 0.3 is 0 Å². The first-order valence-corrected chi connectivity index (χ1v) is 7.17. The van der Waals surface area contributed by atoms with Crippen LogP contribution >= 0.6 is 46.4 Å². The SMILES string of the molecule is NCCc1cc(Cl)cc(-c2ccc(Cl)c(Cl)c2Cl)c1. The molecule has 2 aromatic carbocycles. The summed E-state index contributed by atoms with van der Waals surface area (Å²) in [6, 6.07) is 9.28. The van der Waals surface area contributed by atoms with Gasteiger partial charge in [0.1, 0.15) is 0 Å². The lowest BCUT2D eigenvalue weighted by Gasteiger charge is -2.10. The van der Waals surface area contributed by atoms with Gasteiger partial charge in [0.2, 0.25) is 0 Å². The van der Waals surface area contributed by atoms with Crippen molar-refractivity contribution < 1.29 is 0 Å². The minimum Gasteiger partial charge on any atom is -0.330 e. The molecule has 1 nitrogen and oxygen atoms in total. The molecule has 0 heterocycles. The zero-order valence-corrected chi connectivity index (χ0v) is 12.9. The third kappa shape index (κ3) is 3.36. The van der Waals surface area contributed by atoms with E-state index in [1.54, 1.807) is 6.07 Å². The summed E-state index contributed by atoms with van der Waals surface area (Å²) in [5.41, 5.74) is 8.33. The fraction of sp³-hybridized carbons (Fsp3) is 0.143. The molecule has 0 amide bonds. The van der Waals surface area contributed by atoms with E-state index in [2.05, 4.69) is 0 Å². The number of benzene rings is 2. The minimum absolute atomic E-state index is 0.348. The topological polar surface area (TPSA) is 26.0 Å². The smallest absolute Gasteiger partial charge is 0.0784 e. The lowest BCUT2D eigenvalue weighted by atomic mass is 10.0. The van der Waals surface area contributed by atoms with E-state index in [0.717, 1.165) is 23.1 Å². The van der Waals surface area contributed by atoms with Crippen LogP contribution in [-0.2, 0) is 6.42 Å². The van der Waals surface area contributed by atoms with Gasteiger partial charge in [0.15, 0.2) is 0 Å². The molecule has 0 atom stereocenters. The van der Waals surface area contributed by atoms with E-state index < -0.39 is 0 Å². The summed E-state index contributed by atoms with van der Waals surface area (Å²) in [4.78, 5) is 0. The zero-order valence-electron chi connectivity index (χ0n) is 9.89. The Labute approximate surface area is 132 Å². The molecule has 0 saturated carbocycles. The summed E-state index contributed by atoms with van der Waals surface area (Å²) in [7, 11) is 0. The van der Waals surface area contributed by atoms with E-state index in [1.807, 2.05) is 24.3 Å². The van der Waals surface area contributed by atoms with Gasteiger partial charge in [-0.25, -0.2) is 0 Å². The highest BCUT2D eigenvalue weighted by atomic mass is 35.5. The zero-order chi connectivity index (χ0) is 14.0. The molecular weight excluding hydrogens is 324 g/mol. The van der Waals surface area contributed by atoms with Crippen LogP contribution in [0.5, 0.6) is 0 Å². The van der Waals surface area contributed by atoms with Gasteiger partial charge in [0, 0.05) is 10.6 Å². The molecule has 0 unspecified atom stereocenters. The Morgan fingerprint density at radius 3 is 2.32 bits per heavy atom. The first kappa shape index (κ1) is 15.0. The number of nitrogens with two attached hydrogens (primary N) is 1. The van der Waals surface area contributed by atoms with E-state index in [9.17, 15) is 0 Å². The van der Waals surface area contributed by atoms with Gasteiger partial charge in [-0.15, -0.1) is 0 Å². The third-order valence-corrected chi connectivity index (χ3v) is 4.25. The van der Waals surface area contributed by atoms with Gasteiger partial charge in [0.25, 0.3) is 0 Å². The molecule has 2 rings (SSSR count). The van der Waals surface area contributed by atoms with Crippen LogP contribution in [0.3, 0.4) is 0 Å². The fourth-order valence-corrected chi connectivity index (χ4v) is 2.77. The van der Waals surface area contributed by atoms with Gasteiger partial charge in [-0.2, -0.15) is 0 Å². The van der Waals surface area contributed by atoms with Crippen molar-refractivity contribution in [3.63, 3.8) is 0 Å². The summed E-state index contributed by atoms with van der Waals surface area (Å²) in [6.45, 7) is 0.564. The normalized spacial score (nSPS) is 10.8. The van der Waals surface area contributed by atoms with Crippen molar-refractivity contribution in [3.05, 3.63) is 56.0 Å². The summed E-state index contributed by atoms with van der Waals surface area (Å²) >= 11 is 24.3. The molecule has 0 aliphatic rings. The summed E-state index contributed by atoms with van der Waals surface area (Å²) < 4.78 is 0. The first-order valence-electron chi connectivity index (χ1n) is 5.66. The molecule has 0 aromatic heterocycles. The Morgan fingerprint density at radius 1 is 0.895 bits per heavy atom. The van der Waals surface area contributed by atoms with Crippen molar-refractivity contribution >= 4 is 46.4 Å². The molecule has 0 bridgehead atoms. The summed E-state index contributed by atoms with van der Waals surface area (Å²) in [5.74, 6) is 0. The Morgan fingerprint density at radius 2 is 1.63 bits per heavy atom.